The van der Waals surface area contributed by atoms with Crippen molar-refractivity contribution in [1.29, 1.82) is 0 Å². The van der Waals surface area contributed by atoms with E-state index in [1.807, 2.05) is 5.32 Å². The Morgan fingerprint density at radius 2 is 2.25 bits per heavy atom. The molecule has 1 aliphatic rings. The summed E-state index contributed by atoms with van der Waals surface area (Å²) in [4.78, 5) is 33.0. The number of amides is 3. The first-order valence-electron chi connectivity index (χ1n) is 3.32. The number of carboxylic acids is 1. The lowest BCUT2D eigenvalue weighted by Crippen LogP contribution is -2.55. The summed E-state index contributed by atoms with van der Waals surface area (Å²) in [6, 6.07) is -1.70. The van der Waals surface area contributed by atoms with Crippen molar-refractivity contribution in [3.05, 3.63) is 0 Å². The highest BCUT2D eigenvalue weighted by Crippen LogP contribution is 2.07. The third-order valence-electron chi connectivity index (χ3n) is 1.70. The summed E-state index contributed by atoms with van der Waals surface area (Å²) in [6.45, 7) is 0. The van der Waals surface area contributed by atoms with Gasteiger partial charge in [-0.25, -0.2) is 9.59 Å². The number of carboxylic acid groups (broad SMARTS) is 1. The monoisotopic (exact) mass is 172 g/mol. The van der Waals surface area contributed by atoms with Crippen molar-refractivity contribution in [2.24, 2.45) is 0 Å². The minimum atomic E-state index is -1.17. The van der Waals surface area contributed by atoms with Crippen molar-refractivity contribution in [2.45, 2.75) is 12.5 Å². The molecule has 1 saturated heterocycles. The van der Waals surface area contributed by atoms with Crippen LogP contribution in [-0.4, -0.2) is 41.0 Å². The fraction of sp³-hybridized carbons (Fsp3) is 0.500. The maximum atomic E-state index is 10.8. The molecular formula is C6H8N2O4. The Labute approximate surface area is 68.1 Å². The van der Waals surface area contributed by atoms with Crippen LogP contribution in [0.4, 0.5) is 4.79 Å². The minimum Gasteiger partial charge on any atom is -0.480 e. The molecule has 0 saturated carbocycles. The molecule has 1 heterocycles. The molecule has 0 aromatic carbocycles. The smallest absolute Gasteiger partial charge is 0.327 e. The van der Waals surface area contributed by atoms with Gasteiger partial charge in [-0.2, -0.15) is 0 Å². The number of hydrogen-bond donors (Lipinski definition) is 2. The van der Waals surface area contributed by atoms with Gasteiger partial charge in [0.2, 0.25) is 5.91 Å². The molecule has 1 unspecified atom stereocenters. The largest absolute Gasteiger partial charge is 0.480 e. The molecule has 0 aliphatic carbocycles. The summed E-state index contributed by atoms with van der Waals surface area (Å²) in [6.07, 6.45) is -0.183. The van der Waals surface area contributed by atoms with Crippen LogP contribution in [-0.2, 0) is 9.59 Å². The van der Waals surface area contributed by atoms with Crippen molar-refractivity contribution in [2.75, 3.05) is 7.05 Å². The first kappa shape index (κ1) is 8.51. The summed E-state index contributed by atoms with van der Waals surface area (Å²) in [5.41, 5.74) is 0. The summed E-state index contributed by atoms with van der Waals surface area (Å²) in [5.74, 6) is -1.72. The predicted molar refractivity (Wildman–Crippen MR) is 37.3 cm³/mol. The van der Waals surface area contributed by atoms with E-state index in [4.69, 9.17) is 5.11 Å². The van der Waals surface area contributed by atoms with Crippen LogP contribution in [0.3, 0.4) is 0 Å². The molecular weight excluding hydrogens is 164 g/mol. The number of urea groups is 1. The number of nitrogens with one attached hydrogen (secondary N) is 1. The third-order valence-corrected chi connectivity index (χ3v) is 1.70. The summed E-state index contributed by atoms with van der Waals surface area (Å²) in [5, 5.41) is 10.6. The van der Waals surface area contributed by atoms with Gasteiger partial charge in [0.25, 0.3) is 0 Å². The Morgan fingerprint density at radius 1 is 1.67 bits per heavy atom. The van der Waals surface area contributed by atoms with E-state index >= 15 is 0 Å². The Kier molecular flexibility index (Phi) is 1.99. The number of carbonyl (C=O) groups excluding carboxylic acids is 2. The molecule has 0 aromatic rings. The van der Waals surface area contributed by atoms with Crippen molar-refractivity contribution >= 4 is 17.9 Å². The maximum Gasteiger partial charge on any atom is 0.327 e. The van der Waals surface area contributed by atoms with E-state index in [9.17, 15) is 14.4 Å². The molecule has 1 aliphatic heterocycles. The Bertz CT molecular complexity index is 250. The average molecular weight is 172 g/mol. The second-order valence-corrected chi connectivity index (χ2v) is 2.52. The van der Waals surface area contributed by atoms with Gasteiger partial charge in [0.05, 0.1) is 6.42 Å². The van der Waals surface area contributed by atoms with Gasteiger partial charge in [-0.1, -0.05) is 0 Å². The molecule has 1 rings (SSSR count). The highest BCUT2D eigenvalue weighted by atomic mass is 16.4. The molecule has 1 fully saturated rings. The number of imide groups is 1. The van der Waals surface area contributed by atoms with Gasteiger partial charge in [0.1, 0.15) is 6.04 Å². The zero-order chi connectivity index (χ0) is 9.30. The molecule has 2 N–H and O–H groups in total. The molecule has 12 heavy (non-hydrogen) atoms. The number of aliphatic carboxylic acids is 1. The summed E-state index contributed by atoms with van der Waals surface area (Å²) in [7, 11) is 1.33. The predicted octanol–water partition coefficient (Wildman–Crippen LogP) is -0.989. The number of carbonyl (C=O) groups is 3. The lowest BCUT2D eigenvalue weighted by atomic mass is 10.1. The first-order valence-corrected chi connectivity index (χ1v) is 3.32. The molecule has 0 bridgehead atoms. The van der Waals surface area contributed by atoms with Crippen LogP contribution < -0.4 is 5.32 Å². The summed E-state index contributed by atoms with van der Waals surface area (Å²) >= 11 is 0. The zero-order valence-corrected chi connectivity index (χ0v) is 6.40. The van der Waals surface area contributed by atoms with E-state index in [0.29, 0.717) is 0 Å². The normalized spacial score (nSPS) is 23.8. The van der Waals surface area contributed by atoms with Crippen LogP contribution in [0, 0.1) is 0 Å². The van der Waals surface area contributed by atoms with Gasteiger partial charge in [0.15, 0.2) is 0 Å². The van der Waals surface area contributed by atoms with Crippen molar-refractivity contribution in [1.82, 2.24) is 10.2 Å². The van der Waals surface area contributed by atoms with E-state index in [0.717, 1.165) is 4.90 Å². The van der Waals surface area contributed by atoms with E-state index < -0.39 is 23.9 Å². The number of nitrogens with zero attached hydrogens (tertiary/aromatic N) is 1. The van der Waals surface area contributed by atoms with Gasteiger partial charge in [-0.05, 0) is 0 Å². The van der Waals surface area contributed by atoms with E-state index in [-0.39, 0.29) is 6.42 Å². The SMILES string of the molecule is CN1C(=O)NC(=O)CC1C(=O)O. The topological polar surface area (TPSA) is 86.7 Å². The van der Waals surface area contributed by atoms with E-state index in [2.05, 4.69) is 0 Å². The Morgan fingerprint density at radius 3 is 2.75 bits per heavy atom. The van der Waals surface area contributed by atoms with Gasteiger partial charge in [-0.3, -0.25) is 10.1 Å². The Hall–Kier alpha value is -1.59. The molecule has 1 atom stereocenters. The quantitative estimate of drug-likeness (QED) is 0.531. The van der Waals surface area contributed by atoms with Crippen molar-refractivity contribution in [3.8, 4) is 0 Å². The lowest BCUT2D eigenvalue weighted by molar-refractivity contribution is -0.145. The average Bonchev–Trinajstić information content (AvgIpc) is 1.96. The van der Waals surface area contributed by atoms with E-state index in [1.165, 1.54) is 7.05 Å². The fourth-order valence-corrected chi connectivity index (χ4v) is 0.966. The third kappa shape index (κ3) is 1.36. The van der Waals surface area contributed by atoms with Gasteiger partial charge < -0.3 is 10.0 Å². The first-order chi connectivity index (χ1) is 5.52. The second kappa shape index (κ2) is 2.80. The fourth-order valence-electron chi connectivity index (χ4n) is 0.966. The van der Waals surface area contributed by atoms with Crippen molar-refractivity contribution < 1.29 is 19.5 Å². The van der Waals surface area contributed by atoms with Crippen LogP contribution in [0.1, 0.15) is 6.42 Å². The maximum absolute atomic E-state index is 10.8. The van der Waals surface area contributed by atoms with Crippen LogP contribution in [0.2, 0.25) is 0 Å². The molecule has 6 heteroatoms. The summed E-state index contributed by atoms with van der Waals surface area (Å²) < 4.78 is 0. The molecule has 66 valence electrons. The molecule has 0 radical (unpaired) electrons. The van der Waals surface area contributed by atoms with Gasteiger partial charge in [0, 0.05) is 7.05 Å². The zero-order valence-electron chi connectivity index (χ0n) is 6.40. The number of rotatable bonds is 1. The van der Waals surface area contributed by atoms with Crippen LogP contribution >= 0.6 is 0 Å². The molecule has 0 aromatic heterocycles. The molecule has 3 amide bonds. The minimum absolute atomic E-state index is 0.183. The number of hydrogen-bond acceptors (Lipinski definition) is 3. The van der Waals surface area contributed by atoms with Crippen LogP contribution in [0.5, 0.6) is 0 Å². The van der Waals surface area contributed by atoms with Gasteiger partial charge >= 0.3 is 12.0 Å². The number of likely N-dealkylation sites (N-methyl/N-ethyl adjacent to an activating group) is 1. The van der Waals surface area contributed by atoms with E-state index in [1.54, 1.807) is 0 Å². The Balaban J connectivity index is 2.79. The molecule has 6 nitrogen and oxygen atoms in total. The van der Waals surface area contributed by atoms with Crippen molar-refractivity contribution in [3.63, 3.8) is 0 Å². The second-order valence-electron chi connectivity index (χ2n) is 2.52. The van der Waals surface area contributed by atoms with Crippen LogP contribution in [0.15, 0.2) is 0 Å². The standard InChI is InChI=1S/C6H8N2O4/c1-8-3(5(10)11)2-4(9)7-6(8)12/h3H,2H2,1H3,(H,10,11)(H,7,9,12). The van der Waals surface area contributed by atoms with Crippen LogP contribution in [0.25, 0.3) is 0 Å². The lowest BCUT2D eigenvalue weighted by Gasteiger charge is -2.28. The van der Waals surface area contributed by atoms with Gasteiger partial charge in [-0.15, -0.1) is 0 Å². The molecule has 0 spiro atoms. The highest BCUT2D eigenvalue weighted by molar-refractivity contribution is 6.01. The highest BCUT2D eigenvalue weighted by Gasteiger charge is 2.34.